The number of alkyl halides is 2. The Balaban J connectivity index is 0.00000420. The monoisotopic (exact) mass is 521 g/mol. The van der Waals surface area contributed by atoms with Crippen molar-refractivity contribution in [2.45, 2.75) is 26.5 Å². The lowest BCUT2D eigenvalue weighted by Crippen LogP contribution is -2.38. The quantitative estimate of drug-likeness (QED) is 0.265. The summed E-state index contributed by atoms with van der Waals surface area (Å²) in [5, 5.41) is 16.4. The van der Waals surface area contributed by atoms with Crippen LogP contribution in [0.25, 0.3) is 0 Å². The predicted octanol–water partition coefficient (Wildman–Crippen LogP) is 3.92. The Kier molecular flexibility index (Phi) is 11.1. The molecule has 0 aliphatic carbocycles. The van der Waals surface area contributed by atoms with Crippen molar-refractivity contribution >= 4 is 29.9 Å². The van der Waals surface area contributed by atoms with E-state index in [1.165, 1.54) is 13.2 Å². The largest absolute Gasteiger partial charge is 0.504 e. The molecule has 2 aromatic rings. The zero-order chi connectivity index (χ0) is 20.4. The van der Waals surface area contributed by atoms with E-state index in [0.29, 0.717) is 36.8 Å². The molecule has 0 aliphatic heterocycles. The molecule has 0 spiro atoms. The van der Waals surface area contributed by atoms with Crippen LogP contribution in [0.3, 0.4) is 0 Å². The Hall–Kier alpha value is -2.30. The van der Waals surface area contributed by atoms with Gasteiger partial charge < -0.3 is 25.2 Å². The lowest BCUT2D eigenvalue weighted by atomic mass is 10.1. The summed E-state index contributed by atoms with van der Waals surface area (Å²) in [5.74, 6) is 1.19. The lowest BCUT2D eigenvalue weighted by Gasteiger charge is -2.13. The Morgan fingerprint density at radius 1 is 1.07 bits per heavy atom. The first kappa shape index (κ1) is 24.7. The summed E-state index contributed by atoms with van der Waals surface area (Å²) in [5.41, 5.74) is 1.31. The zero-order valence-electron chi connectivity index (χ0n) is 16.3. The minimum atomic E-state index is -2.88. The molecule has 9 heteroatoms. The number of ether oxygens (including phenoxy) is 2. The van der Waals surface area contributed by atoms with Gasteiger partial charge >= 0.3 is 6.61 Å². The number of methoxy groups -OCH3 is 1. The Labute approximate surface area is 186 Å². The number of nitrogens with one attached hydrogen (secondary N) is 2. The fourth-order valence-corrected chi connectivity index (χ4v) is 2.60. The Bertz CT molecular complexity index is 791. The average Bonchev–Trinajstić information content (AvgIpc) is 2.68. The zero-order valence-corrected chi connectivity index (χ0v) is 18.7. The van der Waals surface area contributed by atoms with Gasteiger partial charge in [0, 0.05) is 18.7 Å². The van der Waals surface area contributed by atoms with Gasteiger partial charge in [-0.2, -0.15) is 8.78 Å². The van der Waals surface area contributed by atoms with Crippen LogP contribution in [-0.2, 0) is 13.0 Å². The Morgan fingerprint density at radius 3 is 2.45 bits per heavy atom. The van der Waals surface area contributed by atoms with Gasteiger partial charge in [-0.05, 0) is 31.0 Å². The second-order valence-corrected chi connectivity index (χ2v) is 5.83. The number of benzene rings is 2. The number of hydrogen-bond acceptors (Lipinski definition) is 4. The number of phenolic OH excluding ortho intramolecular Hbond substituents is 1. The Morgan fingerprint density at radius 2 is 1.76 bits per heavy atom. The van der Waals surface area contributed by atoms with Gasteiger partial charge in [0.05, 0.1) is 13.7 Å². The van der Waals surface area contributed by atoms with E-state index in [1.807, 2.05) is 19.1 Å². The van der Waals surface area contributed by atoms with Crippen LogP contribution >= 0.6 is 24.0 Å². The molecule has 0 saturated carbocycles. The maximum atomic E-state index is 12.5. The maximum Gasteiger partial charge on any atom is 0.387 e. The molecule has 0 saturated heterocycles. The topological polar surface area (TPSA) is 75.1 Å². The van der Waals surface area contributed by atoms with Gasteiger partial charge in [0.2, 0.25) is 0 Å². The summed E-state index contributed by atoms with van der Waals surface area (Å²) in [7, 11) is 1.50. The van der Waals surface area contributed by atoms with E-state index in [2.05, 4.69) is 20.4 Å². The first-order chi connectivity index (χ1) is 13.5. The summed E-state index contributed by atoms with van der Waals surface area (Å²) < 4.78 is 34.7. The molecular weight excluding hydrogens is 495 g/mol. The van der Waals surface area contributed by atoms with Gasteiger partial charge in [-0.15, -0.1) is 24.0 Å². The molecule has 2 aromatic carbocycles. The molecule has 3 N–H and O–H groups in total. The minimum Gasteiger partial charge on any atom is -0.504 e. The van der Waals surface area contributed by atoms with Crippen molar-refractivity contribution in [3.63, 3.8) is 0 Å². The molecule has 0 fully saturated rings. The molecule has 0 bridgehead atoms. The molecule has 0 aromatic heterocycles. The number of guanidine groups is 1. The van der Waals surface area contributed by atoms with Crippen molar-refractivity contribution in [1.82, 2.24) is 10.6 Å². The summed E-state index contributed by atoms with van der Waals surface area (Å²) in [6, 6.07) is 11.9. The van der Waals surface area contributed by atoms with E-state index in [1.54, 1.807) is 24.3 Å². The fourth-order valence-electron chi connectivity index (χ4n) is 2.60. The minimum absolute atomic E-state index is 0. The van der Waals surface area contributed by atoms with Crippen LogP contribution < -0.4 is 20.1 Å². The molecule has 0 atom stereocenters. The van der Waals surface area contributed by atoms with Gasteiger partial charge in [-0.3, -0.25) is 0 Å². The molecule has 29 heavy (non-hydrogen) atoms. The van der Waals surface area contributed by atoms with Gasteiger partial charge in [0.25, 0.3) is 0 Å². The number of hydrogen-bond donors (Lipinski definition) is 3. The number of halogens is 3. The molecule has 6 nitrogen and oxygen atoms in total. The number of aromatic hydroxyl groups is 1. The fraction of sp³-hybridized carbons (Fsp3) is 0.350. The normalized spacial score (nSPS) is 11.0. The van der Waals surface area contributed by atoms with E-state index < -0.39 is 6.61 Å². The SMILES string of the molecule is CCNC(=NCc1ccccc1OC(F)F)NCCc1cccc(OC)c1O.I. The number of para-hydroxylation sites is 2. The van der Waals surface area contributed by atoms with E-state index in [4.69, 9.17) is 4.74 Å². The van der Waals surface area contributed by atoms with Crippen molar-refractivity contribution in [3.05, 3.63) is 53.6 Å². The summed E-state index contributed by atoms with van der Waals surface area (Å²) in [4.78, 5) is 4.42. The van der Waals surface area contributed by atoms with Crippen LogP contribution in [0, 0.1) is 0 Å². The molecule has 0 unspecified atom stereocenters. The predicted molar refractivity (Wildman–Crippen MR) is 120 cm³/mol. The van der Waals surface area contributed by atoms with Crippen LogP contribution in [0.2, 0.25) is 0 Å². The van der Waals surface area contributed by atoms with Crippen molar-refractivity contribution in [2.75, 3.05) is 20.2 Å². The number of nitrogens with zero attached hydrogens (tertiary/aromatic N) is 1. The van der Waals surface area contributed by atoms with Crippen LogP contribution in [0.15, 0.2) is 47.5 Å². The average molecular weight is 521 g/mol. The summed E-state index contributed by atoms with van der Waals surface area (Å²) in [6.45, 7) is 0.390. The maximum absolute atomic E-state index is 12.5. The summed E-state index contributed by atoms with van der Waals surface area (Å²) in [6.07, 6.45) is 0.554. The third-order valence-electron chi connectivity index (χ3n) is 3.93. The van der Waals surface area contributed by atoms with E-state index in [0.717, 1.165) is 5.56 Å². The first-order valence-corrected chi connectivity index (χ1v) is 8.94. The van der Waals surface area contributed by atoms with Crippen LogP contribution in [0.1, 0.15) is 18.1 Å². The van der Waals surface area contributed by atoms with Crippen LogP contribution in [0.4, 0.5) is 8.78 Å². The molecule has 0 aliphatic rings. The van der Waals surface area contributed by atoms with Gasteiger partial charge in [0.15, 0.2) is 17.5 Å². The van der Waals surface area contributed by atoms with Crippen molar-refractivity contribution < 1.29 is 23.4 Å². The molecular formula is C20H26F2IN3O3. The van der Waals surface area contributed by atoms with Gasteiger partial charge in [-0.1, -0.05) is 30.3 Å². The molecule has 160 valence electrons. The molecule has 0 heterocycles. The van der Waals surface area contributed by atoms with E-state index in [-0.39, 0.29) is 42.0 Å². The van der Waals surface area contributed by atoms with E-state index >= 15 is 0 Å². The number of rotatable bonds is 9. The molecule has 2 rings (SSSR count). The highest BCUT2D eigenvalue weighted by molar-refractivity contribution is 14.0. The molecule has 0 radical (unpaired) electrons. The van der Waals surface area contributed by atoms with Crippen molar-refractivity contribution in [3.8, 4) is 17.2 Å². The number of phenols is 1. The molecule has 0 amide bonds. The smallest absolute Gasteiger partial charge is 0.387 e. The van der Waals surface area contributed by atoms with Crippen molar-refractivity contribution in [2.24, 2.45) is 4.99 Å². The highest BCUT2D eigenvalue weighted by Crippen LogP contribution is 2.29. The second-order valence-electron chi connectivity index (χ2n) is 5.83. The third-order valence-corrected chi connectivity index (χ3v) is 3.93. The van der Waals surface area contributed by atoms with Crippen LogP contribution in [0.5, 0.6) is 17.2 Å². The van der Waals surface area contributed by atoms with E-state index in [9.17, 15) is 13.9 Å². The third kappa shape index (κ3) is 7.92. The highest BCUT2D eigenvalue weighted by Gasteiger charge is 2.10. The first-order valence-electron chi connectivity index (χ1n) is 8.94. The highest BCUT2D eigenvalue weighted by atomic mass is 127. The number of aliphatic imine (C=N–C) groups is 1. The van der Waals surface area contributed by atoms with Crippen molar-refractivity contribution in [1.29, 1.82) is 0 Å². The standard InChI is InChI=1S/C20H25F2N3O3.HI/c1-3-23-20(24-12-11-14-8-6-10-17(27-2)18(14)26)25-13-15-7-4-5-9-16(15)28-19(21)22;/h4-10,19,26H,3,11-13H2,1-2H3,(H2,23,24,25);1H. The lowest BCUT2D eigenvalue weighted by molar-refractivity contribution is -0.0504. The summed E-state index contributed by atoms with van der Waals surface area (Å²) >= 11 is 0. The second kappa shape index (κ2) is 13.0. The van der Waals surface area contributed by atoms with Gasteiger partial charge in [-0.25, -0.2) is 4.99 Å². The van der Waals surface area contributed by atoms with Crippen LogP contribution in [-0.4, -0.2) is 37.9 Å². The van der Waals surface area contributed by atoms with Gasteiger partial charge in [0.1, 0.15) is 5.75 Å².